The molecule has 2 aromatic heterocycles. The minimum absolute atomic E-state index is 0.00653. The molecule has 1 fully saturated rings. The fourth-order valence-electron chi connectivity index (χ4n) is 5.19. The van der Waals surface area contributed by atoms with Gasteiger partial charge in [0.15, 0.2) is 5.82 Å². The number of benzene rings is 2. The summed E-state index contributed by atoms with van der Waals surface area (Å²) in [4.78, 5) is 30.5. The Hall–Kier alpha value is -3.94. The number of rotatable bonds is 6. The summed E-state index contributed by atoms with van der Waals surface area (Å²) in [6, 6.07) is 13.7. The van der Waals surface area contributed by atoms with Gasteiger partial charge < -0.3 is 10.1 Å². The van der Waals surface area contributed by atoms with Crippen molar-refractivity contribution >= 4 is 28.6 Å². The van der Waals surface area contributed by atoms with E-state index in [0.29, 0.717) is 11.6 Å². The molecule has 4 aromatic rings. The fourth-order valence-corrected chi connectivity index (χ4v) is 5.19. The van der Waals surface area contributed by atoms with Crippen LogP contribution in [-0.2, 0) is 4.79 Å². The second-order valence-corrected chi connectivity index (χ2v) is 10.3. The van der Waals surface area contributed by atoms with E-state index in [1.807, 2.05) is 44.2 Å². The molecule has 0 atom stereocenters. The zero-order valence-electron chi connectivity index (χ0n) is 21.2. The van der Waals surface area contributed by atoms with Crippen LogP contribution in [0.1, 0.15) is 56.8 Å². The summed E-state index contributed by atoms with van der Waals surface area (Å²) in [6.45, 7) is 5.97. The Bertz CT molecular complexity index is 1450. The van der Waals surface area contributed by atoms with Crippen molar-refractivity contribution in [3.63, 3.8) is 0 Å². The van der Waals surface area contributed by atoms with E-state index in [0.717, 1.165) is 47.8 Å². The Labute approximate surface area is 214 Å². The van der Waals surface area contributed by atoms with Crippen LogP contribution in [0, 0.1) is 17.7 Å². The van der Waals surface area contributed by atoms with Crippen molar-refractivity contribution < 1.29 is 19.1 Å². The summed E-state index contributed by atoms with van der Waals surface area (Å²) in [5.41, 5.74) is 3.25. The van der Waals surface area contributed by atoms with E-state index < -0.39 is 5.97 Å². The maximum absolute atomic E-state index is 13.6. The summed E-state index contributed by atoms with van der Waals surface area (Å²) in [5, 5.41) is 15.3. The Balaban J connectivity index is 1.46. The molecule has 192 valence electrons. The van der Waals surface area contributed by atoms with Crippen molar-refractivity contribution in [1.29, 1.82) is 0 Å². The summed E-state index contributed by atoms with van der Waals surface area (Å²) in [7, 11) is 0. The van der Waals surface area contributed by atoms with Crippen molar-refractivity contribution in [3.05, 3.63) is 66.1 Å². The summed E-state index contributed by atoms with van der Waals surface area (Å²) >= 11 is 0. The van der Waals surface area contributed by atoms with Crippen LogP contribution in [0.2, 0.25) is 0 Å². The van der Waals surface area contributed by atoms with E-state index in [1.54, 1.807) is 11.0 Å². The monoisotopic (exact) mass is 502 g/mol. The zero-order valence-corrected chi connectivity index (χ0v) is 21.2. The second-order valence-electron chi connectivity index (χ2n) is 10.3. The molecule has 5 rings (SSSR count). The Morgan fingerprint density at radius 1 is 1.08 bits per heavy atom. The number of amides is 1. The molecular formula is C29H31FN4O3. The number of halogens is 1. The number of H-pyrrole nitrogens is 1. The number of carboxylic acids is 1. The van der Waals surface area contributed by atoms with Gasteiger partial charge in [0.2, 0.25) is 5.91 Å². The third kappa shape index (κ3) is 4.88. The van der Waals surface area contributed by atoms with Crippen LogP contribution >= 0.6 is 0 Å². The number of aromatic carboxylic acids is 1. The van der Waals surface area contributed by atoms with Crippen LogP contribution < -0.4 is 4.90 Å². The molecule has 0 unspecified atom stereocenters. The maximum atomic E-state index is 13.6. The first-order valence-corrected chi connectivity index (χ1v) is 12.8. The number of carboxylic acid groups (broad SMARTS) is 1. The van der Waals surface area contributed by atoms with Crippen molar-refractivity contribution in [2.24, 2.45) is 11.8 Å². The number of hydrogen-bond acceptors (Lipinski definition) is 3. The lowest BCUT2D eigenvalue weighted by molar-refractivity contribution is -0.124. The van der Waals surface area contributed by atoms with Crippen LogP contribution in [0.25, 0.3) is 27.8 Å². The Morgan fingerprint density at radius 3 is 2.43 bits per heavy atom. The first-order chi connectivity index (χ1) is 17.7. The molecule has 1 amide bonds. The van der Waals surface area contributed by atoms with Gasteiger partial charge in [0.05, 0.1) is 5.69 Å². The average Bonchev–Trinajstić information content (AvgIpc) is 3.49. The molecule has 0 radical (unpaired) electrons. The molecular weight excluding hydrogens is 471 g/mol. The lowest BCUT2D eigenvalue weighted by Gasteiger charge is -2.32. The largest absolute Gasteiger partial charge is 0.477 e. The van der Waals surface area contributed by atoms with E-state index in [2.05, 4.69) is 17.0 Å². The minimum Gasteiger partial charge on any atom is -0.477 e. The highest BCUT2D eigenvalue weighted by molar-refractivity contribution is 6.01. The molecule has 0 spiro atoms. The maximum Gasteiger partial charge on any atom is 0.341 e. The number of nitrogens with zero attached hydrogens (tertiary/aromatic N) is 3. The first kappa shape index (κ1) is 24.7. The number of nitrogens with one attached hydrogen (secondary N) is 1. The van der Waals surface area contributed by atoms with E-state index in [-0.39, 0.29) is 35.1 Å². The molecule has 2 heterocycles. The van der Waals surface area contributed by atoms with Crippen molar-refractivity contribution in [1.82, 2.24) is 14.8 Å². The van der Waals surface area contributed by atoms with Gasteiger partial charge in [-0.15, -0.1) is 5.10 Å². The smallest absolute Gasteiger partial charge is 0.341 e. The summed E-state index contributed by atoms with van der Waals surface area (Å²) < 4.78 is 15.1. The van der Waals surface area contributed by atoms with Gasteiger partial charge in [-0.05, 0) is 87.4 Å². The molecule has 0 aliphatic heterocycles. The molecule has 7 nitrogen and oxygen atoms in total. The number of fused-ring (bicyclic) bond motifs is 1. The highest BCUT2D eigenvalue weighted by Crippen LogP contribution is 2.33. The SMILES string of the molecule is CC(C)N(c1nn(-c2ccc(-c3cc4cc(F)ccc4[nH]3)cc2)cc1C(=O)O)C(=O)[C@H]1CC[C@H](C)CC1. The third-order valence-electron chi connectivity index (χ3n) is 7.30. The van der Waals surface area contributed by atoms with Gasteiger partial charge in [0.1, 0.15) is 11.4 Å². The lowest BCUT2D eigenvalue weighted by atomic mass is 9.82. The van der Waals surface area contributed by atoms with Crippen LogP contribution in [0.15, 0.2) is 54.7 Å². The molecule has 2 aromatic carbocycles. The van der Waals surface area contributed by atoms with Gasteiger partial charge >= 0.3 is 5.97 Å². The van der Waals surface area contributed by atoms with Crippen molar-refractivity contribution in [3.8, 4) is 16.9 Å². The fraction of sp³-hybridized carbons (Fsp3) is 0.345. The number of aromatic nitrogens is 3. The third-order valence-corrected chi connectivity index (χ3v) is 7.30. The van der Waals surface area contributed by atoms with E-state index in [4.69, 9.17) is 0 Å². The van der Waals surface area contributed by atoms with Gasteiger partial charge in [-0.3, -0.25) is 9.69 Å². The number of aromatic amines is 1. The number of hydrogen-bond donors (Lipinski definition) is 2. The number of carbonyl (C=O) groups excluding carboxylic acids is 1. The van der Waals surface area contributed by atoms with Gasteiger partial charge in [0.25, 0.3) is 0 Å². The first-order valence-electron chi connectivity index (χ1n) is 12.8. The van der Waals surface area contributed by atoms with Crippen molar-refractivity contribution in [2.45, 2.75) is 52.5 Å². The van der Waals surface area contributed by atoms with Gasteiger partial charge in [-0.2, -0.15) is 0 Å². The quantitative estimate of drug-likeness (QED) is 0.318. The van der Waals surface area contributed by atoms with E-state index in [1.165, 1.54) is 23.0 Å². The van der Waals surface area contributed by atoms with E-state index in [9.17, 15) is 19.1 Å². The molecule has 0 saturated heterocycles. The molecule has 1 aliphatic rings. The minimum atomic E-state index is -1.13. The standard InChI is InChI=1S/C29H31FN4O3/c1-17(2)34(28(35)20-6-4-18(3)5-7-20)27-24(29(36)37)16-33(32-27)23-11-8-19(9-12-23)26-15-21-14-22(30)10-13-25(21)31-26/h8-18,20,31H,4-7H2,1-3H3,(H,36,37)/t18-,20-. The van der Waals surface area contributed by atoms with Crippen LogP contribution in [-0.4, -0.2) is 37.8 Å². The highest BCUT2D eigenvalue weighted by atomic mass is 19.1. The van der Waals surface area contributed by atoms with Crippen LogP contribution in [0.4, 0.5) is 10.2 Å². The Morgan fingerprint density at radius 2 is 1.78 bits per heavy atom. The van der Waals surface area contributed by atoms with Crippen molar-refractivity contribution in [2.75, 3.05) is 4.90 Å². The number of anilines is 1. The van der Waals surface area contributed by atoms with Gasteiger partial charge in [-0.25, -0.2) is 13.9 Å². The molecule has 1 saturated carbocycles. The van der Waals surface area contributed by atoms with Crippen LogP contribution in [0.3, 0.4) is 0 Å². The summed E-state index contributed by atoms with van der Waals surface area (Å²) in [5.74, 6) is -0.802. The van der Waals surface area contributed by atoms with Crippen LogP contribution in [0.5, 0.6) is 0 Å². The van der Waals surface area contributed by atoms with E-state index >= 15 is 0 Å². The van der Waals surface area contributed by atoms with Gasteiger partial charge in [-0.1, -0.05) is 19.1 Å². The molecule has 8 heteroatoms. The average molecular weight is 503 g/mol. The highest BCUT2D eigenvalue weighted by Gasteiger charge is 2.34. The molecule has 1 aliphatic carbocycles. The molecule has 0 bridgehead atoms. The molecule has 37 heavy (non-hydrogen) atoms. The zero-order chi connectivity index (χ0) is 26.3. The van der Waals surface area contributed by atoms with Gasteiger partial charge in [0, 0.05) is 34.8 Å². The normalized spacial score (nSPS) is 17.9. The topological polar surface area (TPSA) is 91.2 Å². The predicted molar refractivity (Wildman–Crippen MR) is 142 cm³/mol. The summed E-state index contributed by atoms with van der Waals surface area (Å²) in [6.07, 6.45) is 5.09. The number of carbonyl (C=O) groups is 2. The predicted octanol–water partition coefficient (Wildman–Crippen LogP) is 6.43. The lowest BCUT2D eigenvalue weighted by Crippen LogP contribution is -2.43. The Kier molecular flexibility index (Phi) is 6.58. The second kappa shape index (κ2) is 9.84. The molecule has 2 N–H and O–H groups in total.